The lowest BCUT2D eigenvalue weighted by Crippen LogP contribution is -2.39. The number of carbonyl (C=O) groups excluding carboxylic acids is 2. The number of nitrogens with zero attached hydrogens (tertiary/aromatic N) is 2. The Bertz CT molecular complexity index is 1160. The molecule has 4 rings (SSSR count). The highest BCUT2D eigenvalue weighted by Gasteiger charge is 2.31. The number of thiophene rings is 1. The van der Waals surface area contributed by atoms with E-state index in [0.717, 1.165) is 53.1 Å². The molecule has 1 aromatic heterocycles. The molecular formula is C36H59F3N2O3S. The van der Waals surface area contributed by atoms with Gasteiger partial charge in [0.1, 0.15) is 5.60 Å². The first-order valence-corrected chi connectivity index (χ1v) is 17.5. The van der Waals surface area contributed by atoms with Crippen LogP contribution in [0.25, 0.3) is 0 Å². The maximum absolute atomic E-state index is 12.8. The maximum atomic E-state index is 12.8. The van der Waals surface area contributed by atoms with Crippen molar-refractivity contribution < 1.29 is 27.5 Å². The smallest absolute Gasteiger partial charge is 0.416 e. The van der Waals surface area contributed by atoms with Crippen molar-refractivity contribution in [3.63, 3.8) is 0 Å². The summed E-state index contributed by atoms with van der Waals surface area (Å²) in [4.78, 5) is 28.5. The number of carbonyl (C=O) groups is 2. The number of hydrogen-bond acceptors (Lipinski definition) is 5. The number of ether oxygens (including phenoxy) is 1. The minimum atomic E-state index is -4.25. The van der Waals surface area contributed by atoms with Gasteiger partial charge in [-0.25, -0.2) is 4.79 Å². The van der Waals surface area contributed by atoms with Gasteiger partial charge < -0.3 is 9.64 Å². The number of halogens is 3. The molecule has 2 aromatic rings. The number of amides is 1. The lowest BCUT2D eigenvalue weighted by Gasteiger charge is -2.30. The standard InChI is InChI=1S/C15H20F3N.C14H19NO3S.C3H8.2C2H6/c1-3-12-6-13(8-14(7-12)15(16,17)18)10-19-5-4-11(2)9-19;1-9(16)11-8-19-12-7-15(6-5-10(11)12)13(17)18-14(2,3)4;1-3-2;2*1-2/h6-8,11H,3-5,9-10H2,1-2H3;8H,5-7H2,1-4H3;3H2,1-2H3;2*1-2H3/t11-;;;;/m1..../s1. The topological polar surface area (TPSA) is 49.9 Å². The Morgan fingerprint density at radius 2 is 1.56 bits per heavy atom. The van der Waals surface area contributed by atoms with Crippen molar-refractivity contribution in [2.24, 2.45) is 5.92 Å². The van der Waals surface area contributed by atoms with E-state index >= 15 is 0 Å². The molecule has 0 N–H and O–H groups in total. The summed E-state index contributed by atoms with van der Waals surface area (Å²) in [7, 11) is 0. The molecule has 0 bridgehead atoms. The van der Waals surface area contributed by atoms with Crippen LogP contribution in [0.5, 0.6) is 0 Å². The lowest BCUT2D eigenvalue weighted by atomic mass is 10.0. The van der Waals surface area contributed by atoms with E-state index < -0.39 is 17.3 Å². The molecule has 0 radical (unpaired) electrons. The summed E-state index contributed by atoms with van der Waals surface area (Å²) in [6.45, 7) is 27.2. The minimum absolute atomic E-state index is 0.100. The van der Waals surface area contributed by atoms with Crippen LogP contribution in [0.2, 0.25) is 0 Å². The summed E-state index contributed by atoms with van der Waals surface area (Å²) >= 11 is 1.55. The van der Waals surface area contributed by atoms with Gasteiger partial charge in [0.25, 0.3) is 0 Å². The normalized spacial score (nSPS) is 15.9. The van der Waals surface area contributed by atoms with Crippen LogP contribution in [0.1, 0.15) is 133 Å². The average Bonchev–Trinajstić information content (AvgIpc) is 3.59. The summed E-state index contributed by atoms with van der Waals surface area (Å²) < 4.78 is 43.9. The van der Waals surface area contributed by atoms with Gasteiger partial charge in [0, 0.05) is 35.5 Å². The largest absolute Gasteiger partial charge is 0.444 e. The molecular weight excluding hydrogens is 597 g/mol. The van der Waals surface area contributed by atoms with Crippen LogP contribution in [-0.2, 0) is 36.8 Å². The van der Waals surface area contributed by atoms with Crippen molar-refractivity contribution in [2.75, 3.05) is 19.6 Å². The third-order valence-electron chi connectivity index (χ3n) is 6.68. The monoisotopic (exact) mass is 656 g/mol. The van der Waals surface area contributed by atoms with Gasteiger partial charge in [-0.1, -0.05) is 67.9 Å². The van der Waals surface area contributed by atoms with Crippen molar-refractivity contribution in [1.29, 1.82) is 0 Å². The Morgan fingerprint density at radius 3 is 2.02 bits per heavy atom. The number of alkyl halides is 3. The fourth-order valence-electron chi connectivity index (χ4n) is 4.76. The third-order valence-corrected chi connectivity index (χ3v) is 7.69. The number of hydrogen-bond donors (Lipinski definition) is 0. The number of likely N-dealkylation sites (tertiary alicyclic amines) is 1. The molecule has 258 valence electrons. The van der Waals surface area contributed by atoms with Gasteiger partial charge >= 0.3 is 12.3 Å². The van der Waals surface area contributed by atoms with Gasteiger partial charge in [-0.2, -0.15) is 13.2 Å². The molecule has 0 aliphatic carbocycles. The SMILES string of the molecule is CC.CC.CC(=O)c1csc2c1CCN(C(=O)OC(C)(C)C)C2.CCC.CCc1cc(CN2CC[C@@H](C)C2)cc(C(F)(F)F)c1. The van der Waals surface area contributed by atoms with Crippen molar-refractivity contribution >= 4 is 23.2 Å². The Kier molecular flexibility index (Phi) is 19.6. The van der Waals surface area contributed by atoms with Crippen molar-refractivity contribution in [2.45, 2.75) is 134 Å². The highest BCUT2D eigenvalue weighted by Crippen LogP contribution is 2.32. The average molecular weight is 657 g/mol. The summed E-state index contributed by atoms with van der Waals surface area (Å²) in [5, 5.41) is 1.89. The molecule has 0 spiro atoms. The Hall–Kier alpha value is -2.39. The Balaban J connectivity index is 0.000000718. The first-order chi connectivity index (χ1) is 21.1. The van der Waals surface area contributed by atoms with Crippen molar-refractivity contribution in [1.82, 2.24) is 9.80 Å². The molecule has 1 aromatic carbocycles. The summed E-state index contributed by atoms with van der Waals surface area (Å²) in [5.41, 5.74) is 2.46. The van der Waals surface area contributed by atoms with Gasteiger partial charge in [0.2, 0.25) is 0 Å². The van der Waals surface area contributed by atoms with E-state index in [1.807, 2.05) is 66.8 Å². The molecule has 5 nitrogen and oxygen atoms in total. The van der Waals surface area contributed by atoms with Crippen LogP contribution in [0, 0.1) is 5.92 Å². The lowest BCUT2D eigenvalue weighted by molar-refractivity contribution is -0.137. The predicted octanol–water partition coefficient (Wildman–Crippen LogP) is 10.8. The summed E-state index contributed by atoms with van der Waals surface area (Å²) in [6.07, 6.45) is -0.783. The van der Waals surface area contributed by atoms with Crippen molar-refractivity contribution in [3.05, 3.63) is 56.3 Å². The van der Waals surface area contributed by atoms with E-state index in [0.29, 0.717) is 32.0 Å². The van der Waals surface area contributed by atoms with E-state index in [2.05, 4.69) is 25.7 Å². The van der Waals surface area contributed by atoms with Gasteiger partial charge in [-0.05, 0) is 88.2 Å². The second-order valence-electron chi connectivity index (χ2n) is 12.0. The molecule has 0 saturated carbocycles. The number of fused-ring (bicyclic) bond motifs is 1. The van der Waals surface area contributed by atoms with Gasteiger partial charge in [0.15, 0.2) is 5.78 Å². The molecule has 2 aliphatic rings. The van der Waals surface area contributed by atoms with Crippen LogP contribution in [0.3, 0.4) is 0 Å². The molecule has 0 unspecified atom stereocenters. The van der Waals surface area contributed by atoms with E-state index in [1.54, 1.807) is 23.2 Å². The molecule has 9 heteroatoms. The molecule has 45 heavy (non-hydrogen) atoms. The van der Waals surface area contributed by atoms with Gasteiger partial charge in [0.05, 0.1) is 12.1 Å². The number of benzene rings is 1. The van der Waals surface area contributed by atoms with Crippen LogP contribution in [-0.4, -0.2) is 46.9 Å². The highest BCUT2D eigenvalue weighted by atomic mass is 32.1. The summed E-state index contributed by atoms with van der Waals surface area (Å²) in [6, 6.07) is 4.45. The first-order valence-electron chi connectivity index (χ1n) is 16.6. The fourth-order valence-corrected chi connectivity index (χ4v) is 5.91. The van der Waals surface area contributed by atoms with Crippen LogP contribution in [0.15, 0.2) is 23.6 Å². The number of rotatable bonds is 4. The zero-order chi connectivity index (χ0) is 35.0. The number of ketones is 1. The second-order valence-corrected chi connectivity index (χ2v) is 12.9. The highest BCUT2D eigenvalue weighted by molar-refractivity contribution is 7.10. The van der Waals surface area contributed by atoms with E-state index in [4.69, 9.17) is 4.74 Å². The van der Waals surface area contributed by atoms with E-state index in [9.17, 15) is 22.8 Å². The molecule has 1 atom stereocenters. The van der Waals surface area contributed by atoms with Gasteiger partial charge in [-0.15, -0.1) is 11.3 Å². The Morgan fingerprint density at radius 1 is 0.978 bits per heavy atom. The summed E-state index contributed by atoms with van der Waals surface area (Å²) in [5.74, 6) is 0.750. The zero-order valence-corrected chi connectivity index (χ0v) is 30.7. The van der Waals surface area contributed by atoms with Gasteiger partial charge in [-0.3, -0.25) is 9.69 Å². The quantitative estimate of drug-likeness (QED) is 0.307. The molecule has 1 amide bonds. The number of Topliss-reactive ketones (excluding diaryl/α,β-unsaturated/α-hetero) is 1. The fraction of sp³-hybridized carbons (Fsp3) is 0.667. The molecule has 1 saturated heterocycles. The van der Waals surface area contributed by atoms with E-state index in [1.165, 1.54) is 18.6 Å². The molecule has 3 heterocycles. The first kappa shape index (κ1) is 42.6. The third kappa shape index (κ3) is 15.2. The molecule has 1 fully saturated rings. The number of aryl methyl sites for hydroxylation is 1. The Labute approximate surface area is 275 Å². The molecule has 2 aliphatic heterocycles. The maximum Gasteiger partial charge on any atom is 0.416 e. The minimum Gasteiger partial charge on any atom is -0.444 e. The van der Waals surface area contributed by atoms with E-state index in [-0.39, 0.29) is 11.9 Å². The van der Waals surface area contributed by atoms with Crippen LogP contribution in [0.4, 0.5) is 18.0 Å². The predicted molar refractivity (Wildman–Crippen MR) is 183 cm³/mol. The van der Waals surface area contributed by atoms with Crippen LogP contribution >= 0.6 is 11.3 Å². The zero-order valence-electron chi connectivity index (χ0n) is 29.9. The second kappa shape index (κ2) is 20.7. The van der Waals surface area contributed by atoms with Crippen molar-refractivity contribution in [3.8, 4) is 0 Å². The van der Waals surface area contributed by atoms with Crippen LogP contribution < -0.4 is 0 Å².